The summed E-state index contributed by atoms with van der Waals surface area (Å²) in [5, 5.41) is 7.72. The molecule has 1 aromatic rings. The molecule has 1 unspecified atom stereocenters. The van der Waals surface area contributed by atoms with Gasteiger partial charge in [0.1, 0.15) is 0 Å². The molecule has 1 aliphatic heterocycles. The number of anilines is 1. The number of nitrogens with one attached hydrogen (secondary N) is 1. The standard InChI is InChI=1S/C11H18N4/c1-14-7-10(6-12-14)13-9-4-5-15(8-9)11-2-3-11/h6-7,9,11,13H,2-5,8H2,1H3. The Kier molecular flexibility index (Phi) is 2.16. The average Bonchev–Trinajstić information content (AvgIpc) is 2.84. The minimum atomic E-state index is 0.620. The highest BCUT2D eigenvalue weighted by Crippen LogP contribution is 2.30. The Bertz CT molecular complexity index is 342. The molecule has 1 N–H and O–H groups in total. The van der Waals surface area contributed by atoms with Crippen molar-refractivity contribution in [3.63, 3.8) is 0 Å². The summed E-state index contributed by atoms with van der Waals surface area (Å²) >= 11 is 0. The first-order valence-electron chi connectivity index (χ1n) is 5.80. The van der Waals surface area contributed by atoms with Crippen molar-refractivity contribution in [3.05, 3.63) is 12.4 Å². The Morgan fingerprint density at radius 2 is 2.27 bits per heavy atom. The van der Waals surface area contributed by atoms with Gasteiger partial charge in [-0.05, 0) is 19.3 Å². The fourth-order valence-electron chi connectivity index (χ4n) is 2.41. The summed E-state index contributed by atoms with van der Waals surface area (Å²) in [7, 11) is 1.95. The van der Waals surface area contributed by atoms with Crippen molar-refractivity contribution in [1.29, 1.82) is 0 Å². The van der Waals surface area contributed by atoms with E-state index >= 15 is 0 Å². The molecule has 0 aromatic carbocycles. The third-order valence-electron chi connectivity index (χ3n) is 3.36. The topological polar surface area (TPSA) is 33.1 Å². The van der Waals surface area contributed by atoms with Crippen molar-refractivity contribution < 1.29 is 0 Å². The summed E-state index contributed by atoms with van der Waals surface area (Å²) in [4.78, 5) is 2.62. The Morgan fingerprint density at radius 1 is 1.40 bits per heavy atom. The molecule has 2 heterocycles. The predicted molar refractivity (Wildman–Crippen MR) is 59.8 cm³/mol. The first-order valence-corrected chi connectivity index (χ1v) is 5.80. The van der Waals surface area contributed by atoms with E-state index in [2.05, 4.69) is 15.3 Å². The quantitative estimate of drug-likeness (QED) is 0.803. The van der Waals surface area contributed by atoms with Crippen LogP contribution in [0.4, 0.5) is 5.69 Å². The van der Waals surface area contributed by atoms with Crippen LogP contribution in [0.2, 0.25) is 0 Å². The van der Waals surface area contributed by atoms with Crippen molar-refractivity contribution in [3.8, 4) is 0 Å². The van der Waals surface area contributed by atoms with Crippen LogP contribution >= 0.6 is 0 Å². The molecule has 0 radical (unpaired) electrons. The summed E-state index contributed by atoms with van der Waals surface area (Å²) in [6, 6.07) is 1.53. The first-order chi connectivity index (χ1) is 7.31. The van der Waals surface area contributed by atoms with Gasteiger partial charge < -0.3 is 5.32 Å². The third-order valence-corrected chi connectivity index (χ3v) is 3.36. The number of aromatic nitrogens is 2. The van der Waals surface area contributed by atoms with E-state index in [0.717, 1.165) is 11.7 Å². The van der Waals surface area contributed by atoms with Crippen molar-refractivity contribution >= 4 is 5.69 Å². The highest BCUT2D eigenvalue weighted by Gasteiger charge is 2.34. The SMILES string of the molecule is Cn1cc(NC2CCN(C3CC3)C2)cn1. The van der Waals surface area contributed by atoms with Gasteiger partial charge in [0.15, 0.2) is 0 Å². The molecular weight excluding hydrogens is 188 g/mol. The molecule has 0 amide bonds. The van der Waals surface area contributed by atoms with Gasteiger partial charge in [-0.3, -0.25) is 9.58 Å². The predicted octanol–water partition coefficient (Wildman–Crippen LogP) is 1.07. The largest absolute Gasteiger partial charge is 0.378 e. The number of nitrogens with zero attached hydrogens (tertiary/aromatic N) is 3. The summed E-state index contributed by atoms with van der Waals surface area (Å²) in [6.45, 7) is 2.47. The second kappa shape index (κ2) is 3.52. The zero-order valence-electron chi connectivity index (χ0n) is 9.19. The van der Waals surface area contributed by atoms with Crippen molar-refractivity contribution in [2.75, 3.05) is 18.4 Å². The van der Waals surface area contributed by atoms with Crippen LogP contribution in [0.25, 0.3) is 0 Å². The molecule has 1 aliphatic carbocycles. The van der Waals surface area contributed by atoms with Crippen LogP contribution in [0.3, 0.4) is 0 Å². The molecular formula is C11H18N4. The maximum absolute atomic E-state index is 4.17. The summed E-state index contributed by atoms with van der Waals surface area (Å²) in [5.41, 5.74) is 1.15. The Hall–Kier alpha value is -1.03. The van der Waals surface area contributed by atoms with Gasteiger partial charge >= 0.3 is 0 Å². The number of hydrogen-bond acceptors (Lipinski definition) is 3. The molecule has 0 spiro atoms. The number of rotatable bonds is 3. The van der Waals surface area contributed by atoms with Crippen molar-refractivity contribution in [2.45, 2.75) is 31.3 Å². The fraction of sp³-hybridized carbons (Fsp3) is 0.727. The van der Waals surface area contributed by atoms with Crippen LogP contribution in [0.1, 0.15) is 19.3 Å². The molecule has 3 rings (SSSR count). The lowest BCUT2D eigenvalue weighted by Crippen LogP contribution is -2.27. The molecule has 82 valence electrons. The van der Waals surface area contributed by atoms with E-state index in [1.165, 1.54) is 32.4 Å². The second-order valence-corrected chi connectivity index (χ2v) is 4.76. The van der Waals surface area contributed by atoms with Gasteiger partial charge in [0.05, 0.1) is 11.9 Å². The van der Waals surface area contributed by atoms with E-state index in [9.17, 15) is 0 Å². The number of likely N-dealkylation sites (tertiary alicyclic amines) is 1. The lowest BCUT2D eigenvalue weighted by Gasteiger charge is -2.15. The Morgan fingerprint density at radius 3 is 2.93 bits per heavy atom. The molecule has 1 atom stereocenters. The number of aryl methyl sites for hydroxylation is 1. The highest BCUT2D eigenvalue weighted by atomic mass is 15.3. The normalized spacial score (nSPS) is 27.1. The van der Waals surface area contributed by atoms with Crippen LogP contribution in [0.15, 0.2) is 12.4 Å². The van der Waals surface area contributed by atoms with Gasteiger partial charge in [0.25, 0.3) is 0 Å². The molecule has 1 saturated heterocycles. The van der Waals surface area contributed by atoms with Gasteiger partial charge in [-0.1, -0.05) is 0 Å². The van der Waals surface area contributed by atoms with Crippen molar-refractivity contribution in [2.24, 2.45) is 7.05 Å². The van der Waals surface area contributed by atoms with Gasteiger partial charge in [-0.25, -0.2) is 0 Å². The van der Waals surface area contributed by atoms with E-state index in [0.29, 0.717) is 6.04 Å². The first kappa shape index (κ1) is 9.21. The summed E-state index contributed by atoms with van der Waals surface area (Å²) in [5.74, 6) is 0. The van der Waals surface area contributed by atoms with Crippen LogP contribution < -0.4 is 5.32 Å². The maximum Gasteiger partial charge on any atom is 0.0728 e. The van der Waals surface area contributed by atoms with Crippen LogP contribution in [0, 0.1) is 0 Å². The number of hydrogen-bond donors (Lipinski definition) is 1. The molecule has 1 aromatic heterocycles. The highest BCUT2D eigenvalue weighted by molar-refractivity contribution is 5.39. The van der Waals surface area contributed by atoms with E-state index in [4.69, 9.17) is 0 Å². The zero-order chi connectivity index (χ0) is 10.3. The van der Waals surface area contributed by atoms with Gasteiger partial charge in [0.2, 0.25) is 0 Å². The van der Waals surface area contributed by atoms with Gasteiger partial charge in [-0.15, -0.1) is 0 Å². The molecule has 4 heteroatoms. The second-order valence-electron chi connectivity index (χ2n) is 4.76. The molecule has 0 bridgehead atoms. The van der Waals surface area contributed by atoms with E-state index < -0.39 is 0 Å². The smallest absolute Gasteiger partial charge is 0.0728 e. The monoisotopic (exact) mass is 206 g/mol. The Balaban J connectivity index is 1.56. The lowest BCUT2D eigenvalue weighted by atomic mass is 10.2. The molecule has 2 fully saturated rings. The summed E-state index contributed by atoms with van der Waals surface area (Å²) in [6.07, 6.45) is 8.05. The molecule has 2 aliphatic rings. The van der Waals surface area contributed by atoms with E-state index in [1.807, 2.05) is 24.1 Å². The van der Waals surface area contributed by atoms with Crippen LogP contribution in [-0.2, 0) is 7.05 Å². The third kappa shape index (κ3) is 2.00. The van der Waals surface area contributed by atoms with Crippen LogP contribution in [-0.4, -0.2) is 39.9 Å². The molecule has 4 nitrogen and oxygen atoms in total. The lowest BCUT2D eigenvalue weighted by molar-refractivity contribution is 0.326. The molecule has 15 heavy (non-hydrogen) atoms. The van der Waals surface area contributed by atoms with E-state index in [-0.39, 0.29) is 0 Å². The van der Waals surface area contributed by atoms with Crippen LogP contribution in [0.5, 0.6) is 0 Å². The molecule has 1 saturated carbocycles. The maximum atomic E-state index is 4.17. The summed E-state index contributed by atoms with van der Waals surface area (Å²) < 4.78 is 1.84. The fourth-order valence-corrected chi connectivity index (χ4v) is 2.41. The van der Waals surface area contributed by atoms with Gasteiger partial charge in [0, 0.05) is 38.4 Å². The minimum Gasteiger partial charge on any atom is -0.378 e. The zero-order valence-corrected chi connectivity index (χ0v) is 9.19. The average molecular weight is 206 g/mol. The van der Waals surface area contributed by atoms with E-state index in [1.54, 1.807) is 0 Å². The minimum absolute atomic E-state index is 0.620. The van der Waals surface area contributed by atoms with Gasteiger partial charge in [-0.2, -0.15) is 5.10 Å². The van der Waals surface area contributed by atoms with Crippen molar-refractivity contribution in [1.82, 2.24) is 14.7 Å². The Labute approximate surface area is 90.3 Å².